The third-order valence-corrected chi connectivity index (χ3v) is 3.10. The molecule has 20 heavy (non-hydrogen) atoms. The number of H-pyrrole nitrogens is 1. The van der Waals surface area contributed by atoms with Crippen molar-refractivity contribution in [1.82, 2.24) is 20.6 Å². The highest BCUT2D eigenvalue weighted by Crippen LogP contribution is 2.30. The third kappa shape index (κ3) is 2.15. The van der Waals surface area contributed by atoms with E-state index in [0.717, 1.165) is 16.7 Å². The Balaban J connectivity index is 2.21. The Hall–Kier alpha value is -3.00. The van der Waals surface area contributed by atoms with Crippen LogP contribution in [0.15, 0.2) is 42.5 Å². The first kappa shape index (κ1) is 12.1. The van der Waals surface area contributed by atoms with Gasteiger partial charge in [0, 0.05) is 5.56 Å². The number of hydrogen-bond donors (Lipinski definition) is 1. The van der Waals surface area contributed by atoms with Crippen LogP contribution in [0.3, 0.4) is 0 Å². The average molecular weight is 261 g/mol. The van der Waals surface area contributed by atoms with Gasteiger partial charge in [0.2, 0.25) is 5.82 Å². The second-order valence-corrected chi connectivity index (χ2v) is 4.47. The van der Waals surface area contributed by atoms with Gasteiger partial charge in [-0.15, -0.1) is 10.2 Å². The first-order valence-corrected chi connectivity index (χ1v) is 6.13. The van der Waals surface area contributed by atoms with Crippen molar-refractivity contribution in [1.29, 1.82) is 5.26 Å². The molecular formula is C15H11N5. The summed E-state index contributed by atoms with van der Waals surface area (Å²) in [6.45, 7) is 2.04. The molecule has 0 fully saturated rings. The number of nitrogens with zero attached hydrogens (tertiary/aromatic N) is 4. The van der Waals surface area contributed by atoms with Gasteiger partial charge in [-0.05, 0) is 41.5 Å². The molecule has 1 heterocycles. The largest absolute Gasteiger partial charge is 0.205 e. The van der Waals surface area contributed by atoms with Crippen LogP contribution in [-0.4, -0.2) is 20.6 Å². The summed E-state index contributed by atoms with van der Waals surface area (Å²) in [6.07, 6.45) is 0. The van der Waals surface area contributed by atoms with Crippen LogP contribution in [-0.2, 0) is 0 Å². The minimum atomic E-state index is 0.519. The number of nitrogens with one attached hydrogen (secondary N) is 1. The van der Waals surface area contributed by atoms with Gasteiger partial charge in [0.05, 0.1) is 11.6 Å². The van der Waals surface area contributed by atoms with Crippen molar-refractivity contribution in [2.24, 2.45) is 0 Å². The maximum absolute atomic E-state index is 9.07. The van der Waals surface area contributed by atoms with Crippen LogP contribution in [0, 0.1) is 18.3 Å². The van der Waals surface area contributed by atoms with Crippen LogP contribution in [0.25, 0.3) is 22.5 Å². The predicted octanol–water partition coefficient (Wildman–Crippen LogP) is 2.71. The Bertz CT molecular complexity index is 767. The van der Waals surface area contributed by atoms with Crippen molar-refractivity contribution in [3.8, 4) is 28.6 Å². The van der Waals surface area contributed by atoms with Gasteiger partial charge < -0.3 is 0 Å². The van der Waals surface area contributed by atoms with Gasteiger partial charge in [-0.25, -0.2) is 0 Å². The Morgan fingerprint density at radius 1 is 1.05 bits per heavy atom. The van der Waals surface area contributed by atoms with Crippen LogP contribution in [0.2, 0.25) is 0 Å². The van der Waals surface area contributed by atoms with Crippen LogP contribution >= 0.6 is 0 Å². The smallest absolute Gasteiger partial charge is 0.192 e. The van der Waals surface area contributed by atoms with E-state index >= 15 is 0 Å². The monoisotopic (exact) mass is 261 g/mol. The summed E-state index contributed by atoms with van der Waals surface area (Å²) in [5, 5.41) is 23.1. The summed E-state index contributed by atoms with van der Waals surface area (Å²) in [5.74, 6) is 0.519. The molecule has 1 N–H and O–H groups in total. The molecule has 2 aromatic carbocycles. The summed E-state index contributed by atoms with van der Waals surface area (Å²) >= 11 is 0. The summed E-state index contributed by atoms with van der Waals surface area (Å²) < 4.78 is 0. The number of rotatable bonds is 2. The fourth-order valence-electron chi connectivity index (χ4n) is 2.06. The first-order chi connectivity index (χ1) is 9.78. The molecule has 3 aromatic rings. The zero-order chi connectivity index (χ0) is 13.9. The van der Waals surface area contributed by atoms with Gasteiger partial charge in [-0.3, -0.25) is 0 Å². The number of aromatic nitrogens is 4. The minimum Gasteiger partial charge on any atom is -0.192 e. The standard InChI is InChI=1S/C15H11N5/c1-10-2-5-12(6-3-10)14-8-11(9-16)4-7-13(14)15-17-19-20-18-15/h2-8H,1H3,(H,17,18,19,20). The molecule has 0 aliphatic rings. The number of hydrogen-bond acceptors (Lipinski definition) is 4. The second kappa shape index (κ2) is 4.94. The highest BCUT2D eigenvalue weighted by atomic mass is 15.5. The van der Waals surface area contributed by atoms with Gasteiger partial charge >= 0.3 is 0 Å². The van der Waals surface area contributed by atoms with E-state index in [1.54, 1.807) is 6.07 Å². The summed E-state index contributed by atoms with van der Waals surface area (Å²) in [6, 6.07) is 15.7. The Labute approximate surface area is 115 Å². The van der Waals surface area contributed by atoms with E-state index in [4.69, 9.17) is 5.26 Å². The van der Waals surface area contributed by atoms with E-state index in [0.29, 0.717) is 11.4 Å². The summed E-state index contributed by atoms with van der Waals surface area (Å²) in [7, 11) is 0. The number of tetrazole rings is 1. The van der Waals surface area contributed by atoms with Crippen LogP contribution in [0.5, 0.6) is 0 Å². The van der Waals surface area contributed by atoms with E-state index in [1.165, 1.54) is 5.56 Å². The van der Waals surface area contributed by atoms with E-state index in [9.17, 15) is 0 Å². The van der Waals surface area contributed by atoms with Crippen molar-refractivity contribution in [2.75, 3.05) is 0 Å². The van der Waals surface area contributed by atoms with Crippen molar-refractivity contribution in [3.63, 3.8) is 0 Å². The molecule has 0 aliphatic carbocycles. The fourth-order valence-corrected chi connectivity index (χ4v) is 2.06. The maximum Gasteiger partial charge on any atom is 0.205 e. The maximum atomic E-state index is 9.07. The van der Waals surface area contributed by atoms with Crippen LogP contribution < -0.4 is 0 Å². The SMILES string of the molecule is Cc1ccc(-c2cc(C#N)ccc2-c2nn[nH]n2)cc1. The molecule has 0 radical (unpaired) electrons. The molecule has 0 saturated heterocycles. The summed E-state index contributed by atoms with van der Waals surface area (Å²) in [5.41, 5.74) is 4.58. The van der Waals surface area contributed by atoms with E-state index < -0.39 is 0 Å². The van der Waals surface area contributed by atoms with E-state index in [2.05, 4.69) is 26.7 Å². The number of aryl methyl sites for hydroxylation is 1. The second-order valence-electron chi connectivity index (χ2n) is 4.47. The topological polar surface area (TPSA) is 78.2 Å². The molecule has 0 atom stereocenters. The molecule has 0 spiro atoms. The fraction of sp³-hybridized carbons (Fsp3) is 0.0667. The Morgan fingerprint density at radius 2 is 1.85 bits per heavy atom. The number of benzene rings is 2. The zero-order valence-electron chi connectivity index (χ0n) is 10.8. The first-order valence-electron chi connectivity index (χ1n) is 6.13. The van der Waals surface area contributed by atoms with Crippen molar-refractivity contribution < 1.29 is 0 Å². The van der Waals surface area contributed by atoms with Crippen LogP contribution in [0.1, 0.15) is 11.1 Å². The molecule has 96 valence electrons. The average Bonchev–Trinajstić information content (AvgIpc) is 3.01. The lowest BCUT2D eigenvalue weighted by Crippen LogP contribution is -1.89. The van der Waals surface area contributed by atoms with Gasteiger partial charge in [-0.2, -0.15) is 10.5 Å². The zero-order valence-corrected chi connectivity index (χ0v) is 10.8. The molecule has 3 rings (SSSR count). The van der Waals surface area contributed by atoms with Gasteiger partial charge in [0.25, 0.3) is 0 Å². The number of aromatic amines is 1. The number of nitriles is 1. The molecule has 0 amide bonds. The third-order valence-electron chi connectivity index (χ3n) is 3.10. The normalized spacial score (nSPS) is 10.2. The lowest BCUT2D eigenvalue weighted by atomic mass is 9.96. The molecule has 0 saturated carbocycles. The van der Waals surface area contributed by atoms with Crippen molar-refractivity contribution >= 4 is 0 Å². The summed E-state index contributed by atoms with van der Waals surface area (Å²) in [4.78, 5) is 0. The van der Waals surface area contributed by atoms with Gasteiger partial charge in [-0.1, -0.05) is 29.8 Å². The molecule has 0 aliphatic heterocycles. The van der Waals surface area contributed by atoms with Gasteiger partial charge in [0.1, 0.15) is 0 Å². The lowest BCUT2D eigenvalue weighted by Gasteiger charge is -2.08. The minimum absolute atomic E-state index is 0.519. The Morgan fingerprint density at radius 3 is 2.50 bits per heavy atom. The predicted molar refractivity (Wildman–Crippen MR) is 74.5 cm³/mol. The quantitative estimate of drug-likeness (QED) is 0.769. The lowest BCUT2D eigenvalue weighted by molar-refractivity contribution is 0.881. The van der Waals surface area contributed by atoms with Crippen molar-refractivity contribution in [3.05, 3.63) is 53.6 Å². The molecular weight excluding hydrogens is 250 g/mol. The van der Waals surface area contributed by atoms with Crippen molar-refractivity contribution in [2.45, 2.75) is 6.92 Å². The molecule has 1 aromatic heterocycles. The van der Waals surface area contributed by atoms with Gasteiger partial charge in [0.15, 0.2) is 0 Å². The highest BCUT2D eigenvalue weighted by Gasteiger charge is 2.12. The van der Waals surface area contributed by atoms with E-state index in [-0.39, 0.29) is 0 Å². The molecule has 5 heteroatoms. The highest BCUT2D eigenvalue weighted by molar-refractivity contribution is 5.81. The van der Waals surface area contributed by atoms with E-state index in [1.807, 2.05) is 43.3 Å². The van der Waals surface area contributed by atoms with Crippen LogP contribution in [0.4, 0.5) is 0 Å². The Kier molecular flexibility index (Phi) is 2.98. The molecule has 0 bridgehead atoms. The molecule has 0 unspecified atom stereocenters. The molecule has 5 nitrogen and oxygen atoms in total.